The van der Waals surface area contributed by atoms with Gasteiger partial charge < -0.3 is 19.9 Å². The van der Waals surface area contributed by atoms with Crippen molar-refractivity contribution in [1.82, 2.24) is 5.32 Å². The zero-order valence-electron chi connectivity index (χ0n) is 18.4. The molecule has 0 bridgehead atoms. The van der Waals surface area contributed by atoms with Gasteiger partial charge in [-0.05, 0) is 56.1 Å². The van der Waals surface area contributed by atoms with Crippen LogP contribution in [0.5, 0.6) is 11.5 Å². The van der Waals surface area contributed by atoms with E-state index >= 15 is 0 Å². The molecule has 6 heteroatoms. The Balaban J connectivity index is 1.81. The third-order valence-corrected chi connectivity index (χ3v) is 6.11. The highest BCUT2D eigenvalue weighted by molar-refractivity contribution is 7.10. The lowest BCUT2D eigenvalue weighted by Gasteiger charge is -2.16. The van der Waals surface area contributed by atoms with Crippen LogP contribution in [0.25, 0.3) is 11.1 Å². The fourth-order valence-electron chi connectivity index (χ4n) is 3.56. The SMILES string of the molecule is CCc1scc(C(=O)Oc2cc(C)c(OCC(O)CNC)c(C)c2)c1-c1ccccc1. The van der Waals surface area contributed by atoms with Crippen LogP contribution in [0.4, 0.5) is 0 Å². The number of aryl methyl sites for hydroxylation is 3. The molecule has 0 aliphatic rings. The molecule has 1 unspecified atom stereocenters. The van der Waals surface area contributed by atoms with Crippen LogP contribution >= 0.6 is 11.3 Å². The average molecular weight is 440 g/mol. The second-order valence-corrected chi connectivity index (χ2v) is 8.43. The largest absolute Gasteiger partial charge is 0.490 e. The van der Waals surface area contributed by atoms with E-state index in [2.05, 4.69) is 12.2 Å². The molecular formula is C25H29NO4S. The second-order valence-electron chi connectivity index (χ2n) is 7.47. The molecule has 3 aromatic rings. The van der Waals surface area contributed by atoms with Gasteiger partial charge in [-0.3, -0.25) is 0 Å². The fraction of sp³-hybridized carbons (Fsp3) is 0.320. The molecule has 0 spiro atoms. The Kier molecular flexibility index (Phi) is 7.85. The van der Waals surface area contributed by atoms with Crippen LogP contribution in [0.15, 0.2) is 47.8 Å². The minimum Gasteiger partial charge on any atom is -0.490 e. The highest BCUT2D eigenvalue weighted by Crippen LogP contribution is 2.35. The monoisotopic (exact) mass is 439 g/mol. The number of carbonyl (C=O) groups excluding carboxylic acids is 1. The van der Waals surface area contributed by atoms with Crippen molar-refractivity contribution in [2.24, 2.45) is 0 Å². The highest BCUT2D eigenvalue weighted by atomic mass is 32.1. The Hall–Kier alpha value is -2.67. The quantitative estimate of drug-likeness (QED) is 0.371. The normalized spacial score (nSPS) is 11.9. The topological polar surface area (TPSA) is 67.8 Å². The van der Waals surface area contributed by atoms with Crippen LogP contribution in [0, 0.1) is 13.8 Å². The molecule has 0 amide bonds. The van der Waals surface area contributed by atoms with Gasteiger partial charge in [0.15, 0.2) is 0 Å². The van der Waals surface area contributed by atoms with E-state index in [-0.39, 0.29) is 12.6 Å². The predicted molar refractivity (Wildman–Crippen MR) is 125 cm³/mol. The number of nitrogens with one attached hydrogen (secondary N) is 1. The maximum atomic E-state index is 13.0. The molecule has 0 saturated carbocycles. The van der Waals surface area contributed by atoms with Gasteiger partial charge in [0.05, 0.1) is 5.56 Å². The van der Waals surface area contributed by atoms with Crippen LogP contribution < -0.4 is 14.8 Å². The number of hydrogen-bond acceptors (Lipinski definition) is 6. The molecule has 164 valence electrons. The van der Waals surface area contributed by atoms with E-state index in [4.69, 9.17) is 9.47 Å². The van der Waals surface area contributed by atoms with Gasteiger partial charge in [-0.25, -0.2) is 4.79 Å². The summed E-state index contributed by atoms with van der Waals surface area (Å²) < 4.78 is 11.5. The smallest absolute Gasteiger partial charge is 0.345 e. The summed E-state index contributed by atoms with van der Waals surface area (Å²) in [4.78, 5) is 14.2. The molecule has 3 rings (SSSR count). The number of thiophene rings is 1. The first-order valence-electron chi connectivity index (χ1n) is 10.4. The summed E-state index contributed by atoms with van der Waals surface area (Å²) in [5, 5.41) is 14.7. The Morgan fingerprint density at radius 1 is 1.16 bits per heavy atom. The molecule has 0 aliphatic heterocycles. The minimum absolute atomic E-state index is 0.191. The van der Waals surface area contributed by atoms with Gasteiger partial charge in [-0.2, -0.15) is 0 Å². The number of esters is 1. The Morgan fingerprint density at radius 3 is 2.45 bits per heavy atom. The Bertz CT molecular complexity index is 1010. The number of ether oxygens (including phenoxy) is 2. The zero-order chi connectivity index (χ0) is 22.4. The van der Waals surface area contributed by atoms with Crippen molar-refractivity contribution >= 4 is 17.3 Å². The van der Waals surface area contributed by atoms with Gasteiger partial charge in [-0.1, -0.05) is 37.3 Å². The van der Waals surface area contributed by atoms with Crippen molar-refractivity contribution in [2.45, 2.75) is 33.3 Å². The summed E-state index contributed by atoms with van der Waals surface area (Å²) in [6.07, 6.45) is 0.260. The van der Waals surface area contributed by atoms with Gasteiger partial charge >= 0.3 is 5.97 Å². The lowest BCUT2D eigenvalue weighted by molar-refractivity contribution is 0.0735. The summed E-state index contributed by atoms with van der Waals surface area (Å²) in [5.41, 5.74) is 4.25. The molecule has 2 aromatic carbocycles. The van der Waals surface area contributed by atoms with E-state index in [0.717, 1.165) is 33.6 Å². The molecular weight excluding hydrogens is 410 g/mol. The molecule has 1 aromatic heterocycles. The maximum Gasteiger partial charge on any atom is 0.345 e. The van der Waals surface area contributed by atoms with E-state index < -0.39 is 6.10 Å². The molecule has 31 heavy (non-hydrogen) atoms. The molecule has 1 atom stereocenters. The Morgan fingerprint density at radius 2 is 1.84 bits per heavy atom. The molecule has 1 heterocycles. The van der Waals surface area contributed by atoms with Crippen molar-refractivity contribution in [3.05, 3.63) is 69.4 Å². The van der Waals surface area contributed by atoms with Crippen LogP contribution in [0.2, 0.25) is 0 Å². The molecule has 5 nitrogen and oxygen atoms in total. The summed E-state index contributed by atoms with van der Waals surface area (Å²) in [5.74, 6) is 0.807. The number of benzene rings is 2. The predicted octanol–water partition coefficient (Wildman–Crippen LogP) is 4.77. The first kappa shape index (κ1) is 23.0. The third kappa shape index (κ3) is 5.53. The standard InChI is InChI=1S/C25H29NO4S/c1-5-22-23(18-9-7-6-8-10-18)21(15-31-22)25(28)30-20-11-16(2)24(17(3)12-20)29-14-19(27)13-26-4/h6-12,15,19,26-27H,5,13-14H2,1-4H3. The average Bonchev–Trinajstić information content (AvgIpc) is 3.18. The van der Waals surface area contributed by atoms with Crippen LogP contribution in [-0.4, -0.2) is 37.4 Å². The summed E-state index contributed by atoms with van der Waals surface area (Å²) in [6.45, 7) is 6.54. The molecule has 2 N–H and O–H groups in total. The van der Waals surface area contributed by atoms with E-state index in [1.165, 1.54) is 0 Å². The highest BCUT2D eigenvalue weighted by Gasteiger charge is 2.21. The molecule has 0 saturated heterocycles. The van der Waals surface area contributed by atoms with E-state index in [9.17, 15) is 9.90 Å². The lowest BCUT2D eigenvalue weighted by Crippen LogP contribution is -2.29. The van der Waals surface area contributed by atoms with Crippen molar-refractivity contribution in [2.75, 3.05) is 20.2 Å². The number of rotatable bonds is 9. The van der Waals surface area contributed by atoms with Crippen LogP contribution in [-0.2, 0) is 6.42 Å². The number of hydrogen-bond donors (Lipinski definition) is 2. The first-order valence-corrected chi connectivity index (χ1v) is 11.3. The molecule has 0 fully saturated rings. The van der Waals surface area contributed by atoms with Gasteiger partial charge in [0.25, 0.3) is 0 Å². The van der Waals surface area contributed by atoms with E-state index in [1.54, 1.807) is 30.5 Å². The summed E-state index contributed by atoms with van der Waals surface area (Å²) in [7, 11) is 1.78. The van der Waals surface area contributed by atoms with E-state index in [0.29, 0.717) is 23.6 Å². The first-order chi connectivity index (χ1) is 14.9. The lowest BCUT2D eigenvalue weighted by atomic mass is 10.0. The van der Waals surface area contributed by atoms with Gasteiger partial charge in [0.2, 0.25) is 0 Å². The van der Waals surface area contributed by atoms with Crippen molar-refractivity contribution in [1.29, 1.82) is 0 Å². The molecule has 0 radical (unpaired) electrons. The fourth-order valence-corrected chi connectivity index (χ4v) is 4.55. The van der Waals surface area contributed by atoms with Crippen molar-refractivity contribution in [3.63, 3.8) is 0 Å². The third-order valence-electron chi connectivity index (χ3n) is 4.97. The van der Waals surface area contributed by atoms with E-state index in [1.807, 2.05) is 49.6 Å². The zero-order valence-corrected chi connectivity index (χ0v) is 19.2. The van der Waals surface area contributed by atoms with Gasteiger partial charge in [0, 0.05) is 22.4 Å². The number of likely N-dealkylation sites (N-methyl/N-ethyl adjacent to an activating group) is 1. The van der Waals surface area contributed by atoms with Gasteiger partial charge in [0.1, 0.15) is 24.2 Å². The van der Waals surface area contributed by atoms with Crippen molar-refractivity contribution < 1.29 is 19.4 Å². The summed E-state index contributed by atoms with van der Waals surface area (Å²) >= 11 is 1.58. The van der Waals surface area contributed by atoms with Crippen LogP contribution in [0.1, 0.15) is 33.3 Å². The molecule has 0 aliphatic carbocycles. The number of carbonyl (C=O) groups is 1. The minimum atomic E-state index is -0.593. The number of aliphatic hydroxyl groups is 1. The summed E-state index contributed by atoms with van der Waals surface area (Å²) in [6, 6.07) is 13.5. The van der Waals surface area contributed by atoms with Crippen LogP contribution in [0.3, 0.4) is 0 Å². The Labute approximate surface area is 187 Å². The number of aliphatic hydroxyl groups excluding tert-OH is 1. The second kappa shape index (κ2) is 10.6. The maximum absolute atomic E-state index is 13.0. The van der Waals surface area contributed by atoms with Crippen molar-refractivity contribution in [3.8, 4) is 22.6 Å². The van der Waals surface area contributed by atoms with Gasteiger partial charge in [-0.15, -0.1) is 11.3 Å².